The normalized spacial score (nSPS) is 33.1. The van der Waals surface area contributed by atoms with Crippen molar-refractivity contribution in [2.45, 2.75) is 81.9 Å². The monoisotopic (exact) mass is 526 g/mol. The fraction of sp³-hybridized carbons (Fsp3) is 0.517. The van der Waals surface area contributed by atoms with Gasteiger partial charge in [-0.05, 0) is 35.3 Å². The van der Waals surface area contributed by atoms with Crippen molar-refractivity contribution >= 4 is 18.7 Å². The molecule has 2 aromatic carbocycles. The molecule has 7 nitrogen and oxygen atoms in total. The van der Waals surface area contributed by atoms with Crippen LogP contribution in [0.5, 0.6) is 0 Å². The average Bonchev–Trinajstić information content (AvgIpc) is 3.32. The molecule has 0 saturated carbocycles. The zero-order valence-corrected chi connectivity index (χ0v) is 23.4. The van der Waals surface area contributed by atoms with Crippen molar-refractivity contribution in [2.24, 2.45) is 0 Å². The number of hydrogen-bond donors (Lipinski definition) is 1. The summed E-state index contributed by atoms with van der Waals surface area (Å²) in [5.74, 6) is -0.876. The van der Waals surface area contributed by atoms with Gasteiger partial charge < -0.3 is 33.2 Å². The molecule has 0 bridgehead atoms. The largest absolute Gasteiger partial charge is 0.405 e. The van der Waals surface area contributed by atoms with Crippen LogP contribution in [0.2, 0.25) is 5.04 Å². The molecule has 6 atom stereocenters. The van der Waals surface area contributed by atoms with Crippen LogP contribution in [0.4, 0.5) is 0 Å². The highest BCUT2D eigenvalue weighted by molar-refractivity contribution is 6.99. The summed E-state index contributed by atoms with van der Waals surface area (Å²) in [5.41, 5.74) is -1.26. The number of rotatable bonds is 6. The molecule has 0 unspecified atom stereocenters. The van der Waals surface area contributed by atoms with Crippen molar-refractivity contribution in [3.63, 3.8) is 0 Å². The van der Waals surface area contributed by atoms with Gasteiger partial charge in [-0.15, -0.1) is 0 Å². The second-order valence-corrected chi connectivity index (χ2v) is 15.7. The van der Waals surface area contributed by atoms with Crippen molar-refractivity contribution in [2.75, 3.05) is 13.7 Å². The highest BCUT2D eigenvalue weighted by Gasteiger charge is 2.69. The van der Waals surface area contributed by atoms with Crippen LogP contribution in [-0.4, -0.2) is 69.4 Å². The lowest BCUT2D eigenvalue weighted by molar-refractivity contribution is -0.286. The topological polar surface area (TPSA) is 75.6 Å². The Balaban J connectivity index is 1.56. The molecule has 8 heteroatoms. The summed E-state index contributed by atoms with van der Waals surface area (Å²) in [4.78, 5) is 0. The molecule has 200 valence electrons. The van der Waals surface area contributed by atoms with Crippen LogP contribution in [0.15, 0.2) is 72.8 Å². The maximum absolute atomic E-state index is 11.4. The van der Waals surface area contributed by atoms with Crippen LogP contribution >= 0.6 is 0 Å². The lowest BCUT2D eigenvalue weighted by atomic mass is 9.84. The molecule has 1 N–H and O–H groups in total. The van der Waals surface area contributed by atoms with Crippen molar-refractivity contribution in [3.05, 3.63) is 72.8 Å². The van der Waals surface area contributed by atoms with Gasteiger partial charge in [-0.1, -0.05) is 87.5 Å². The van der Waals surface area contributed by atoms with E-state index in [0.29, 0.717) is 0 Å². The molecule has 0 aromatic heterocycles. The van der Waals surface area contributed by atoms with Crippen LogP contribution in [-0.2, 0) is 28.1 Å². The predicted octanol–water partition coefficient (Wildman–Crippen LogP) is 3.10. The number of methoxy groups -OCH3 is 1. The van der Waals surface area contributed by atoms with Gasteiger partial charge in [-0.25, -0.2) is 0 Å². The van der Waals surface area contributed by atoms with Gasteiger partial charge in [0.05, 0.1) is 6.61 Å². The molecule has 2 saturated heterocycles. The Morgan fingerprint density at radius 3 is 2.03 bits per heavy atom. The molecule has 0 amide bonds. The van der Waals surface area contributed by atoms with Crippen LogP contribution < -0.4 is 10.4 Å². The molecule has 3 aliphatic heterocycles. The first kappa shape index (κ1) is 26.7. The third-order valence-corrected chi connectivity index (χ3v) is 12.6. The van der Waals surface area contributed by atoms with Gasteiger partial charge in [0.2, 0.25) is 0 Å². The maximum Gasteiger partial charge on any atom is 0.261 e. The minimum Gasteiger partial charge on any atom is -0.405 e. The summed E-state index contributed by atoms with van der Waals surface area (Å²) in [5, 5.41) is 13.5. The Morgan fingerprint density at radius 2 is 1.49 bits per heavy atom. The van der Waals surface area contributed by atoms with E-state index in [1.165, 1.54) is 0 Å². The quantitative estimate of drug-likeness (QED) is 0.458. The van der Waals surface area contributed by atoms with Crippen LogP contribution in [0, 0.1) is 0 Å². The third-order valence-electron chi connectivity index (χ3n) is 7.64. The minimum atomic E-state index is -2.86. The molecular weight excluding hydrogens is 488 g/mol. The Labute approximate surface area is 220 Å². The lowest BCUT2D eigenvalue weighted by Gasteiger charge is -2.47. The fourth-order valence-electron chi connectivity index (χ4n) is 6.00. The number of hydrogen-bond acceptors (Lipinski definition) is 7. The average molecular weight is 527 g/mol. The molecule has 0 aliphatic carbocycles. The Hall–Kier alpha value is -1.88. The molecule has 2 fully saturated rings. The highest BCUT2D eigenvalue weighted by atomic mass is 28.4. The van der Waals surface area contributed by atoms with E-state index in [-0.39, 0.29) is 11.6 Å². The van der Waals surface area contributed by atoms with Gasteiger partial charge in [0, 0.05) is 7.11 Å². The van der Waals surface area contributed by atoms with Crippen molar-refractivity contribution in [1.82, 2.24) is 0 Å². The zero-order valence-electron chi connectivity index (χ0n) is 22.4. The summed E-state index contributed by atoms with van der Waals surface area (Å²) >= 11 is 0. The number of ether oxygens (including phenoxy) is 5. The molecule has 37 heavy (non-hydrogen) atoms. The van der Waals surface area contributed by atoms with Crippen LogP contribution in [0.3, 0.4) is 0 Å². The van der Waals surface area contributed by atoms with E-state index >= 15 is 0 Å². The predicted molar refractivity (Wildman–Crippen MR) is 142 cm³/mol. The summed E-state index contributed by atoms with van der Waals surface area (Å²) in [7, 11) is -1.29. The first-order chi connectivity index (χ1) is 17.5. The minimum absolute atomic E-state index is 0.175. The van der Waals surface area contributed by atoms with Crippen LogP contribution in [0.1, 0.15) is 34.6 Å². The van der Waals surface area contributed by atoms with E-state index in [1.807, 2.05) is 26.0 Å². The standard InChI is InChI=1S/C29H38O7Si/c1-27(2,3)37(20-13-9-7-10-14-20,21-15-11-8-12-16-21)32-19-23-29(22(30)17-18-24(31-6)34-29)25-26(33-23)36-28(4,5)35-25/h7-18,22-26,30H,19H2,1-6H3/t22-,23+,24-,25+,26-,29-/m0/s1. The maximum atomic E-state index is 11.4. The van der Waals surface area contributed by atoms with Gasteiger partial charge in [0.25, 0.3) is 8.32 Å². The second kappa shape index (κ2) is 9.70. The molecule has 5 rings (SSSR count). The molecule has 3 heterocycles. The number of fused-ring (bicyclic) bond motifs is 2. The molecule has 0 radical (unpaired) electrons. The molecule has 1 spiro atoms. The van der Waals surface area contributed by atoms with E-state index in [9.17, 15) is 5.11 Å². The van der Waals surface area contributed by atoms with Crippen molar-refractivity contribution < 1.29 is 33.2 Å². The third kappa shape index (κ3) is 4.43. The fourth-order valence-corrected chi connectivity index (χ4v) is 10.6. The molecule has 3 aliphatic rings. The van der Waals surface area contributed by atoms with E-state index in [1.54, 1.807) is 19.3 Å². The second-order valence-electron chi connectivity index (χ2n) is 11.4. The SMILES string of the molecule is CO[C@@H]1C=C[C@H](O)[C@@]2(O1)[C@@H]1OC(C)(C)O[C@@H]1O[C@@H]2CO[Si](c1ccccc1)(c1ccccc1)C(C)(C)C. The van der Waals surface area contributed by atoms with Gasteiger partial charge in [0.1, 0.15) is 18.3 Å². The van der Waals surface area contributed by atoms with E-state index in [2.05, 4.69) is 69.3 Å². The van der Waals surface area contributed by atoms with E-state index in [4.69, 9.17) is 28.1 Å². The van der Waals surface area contributed by atoms with E-state index in [0.717, 1.165) is 10.4 Å². The van der Waals surface area contributed by atoms with E-state index < -0.39 is 50.6 Å². The van der Waals surface area contributed by atoms with Crippen molar-refractivity contribution in [3.8, 4) is 0 Å². The lowest BCUT2D eigenvalue weighted by Crippen LogP contribution is -2.69. The molecule has 2 aromatic rings. The number of aliphatic hydroxyl groups is 1. The zero-order chi connectivity index (χ0) is 26.5. The van der Waals surface area contributed by atoms with Crippen LogP contribution in [0.25, 0.3) is 0 Å². The van der Waals surface area contributed by atoms with Gasteiger partial charge in [-0.2, -0.15) is 0 Å². The van der Waals surface area contributed by atoms with Gasteiger partial charge in [0.15, 0.2) is 24.0 Å². The summed E-state index contributed by atoms with van der Waals surface area (Å²) in [6.45, 7) is 10.5. The summed E-state index contributed by atoms with van der Waals surface area (Å²) < 4.78 is 37.9. The molecular formula is C29H38O7Si. The Kier molecular flexibility index (Phi) is 7.00. The summed E-state index contributed by atoms with van der Waals surface area (Å²) in [6.07, 6.45) is -0.308. The number of benzene rings is 2. The summed E-state index contributed by atoms with van der Waals surface area (Å²) in [6, 6.07) is 20.8. The van der Waals surface area contributed by atoms with Gasteiger partial charge in [-0.3, -0.25) is 0 Å². The Bertz CT molecular complexity index is 1060. The van der Waals surface area contributed by atoms with Gasteiger partial charge >= 0.3 is 0 Å². The Morgan fingerprint density at radius 1 is 0.892 bits per heavy atom. The smallest absolute Gasteiger partial charge is 0.261 e. The first-order valence-corrected chi connectivity index (χ1v) is 14.8. The number of aliphatic hydroxyl groups excluding tert-OH is 1. The highest BCUT2D eigenvalue weighted by Crippen LogP contribution is 2.49. The van der Waals surface area contributed by atoms with Crippen molar-refractivity contribution in [1.29, 1.82) is 0 Å². The first-order valence-electron chi connectivity index (χ1n) is 12.9.